The standard InChI is InChI=1S/C31H36N6O2/c1-22-19-24(11-15-32-22)35-29-10-9-23(20-34-29)21-37(28-12-16-33-27-8-6-5-7-26(27)28)25-13-17-36(18-14-25)30(38)39-31(2,3)4/h5-12,15-16,19-20,25H,13-14,17-18,21H2,1-4H3,(H,32,34,35). The van der Waals surface area contributed by atoms with E-state index in [2.05, 4.69) is 49.4 Å². The molecule has 0 bridgehead atoms. The third-order valence-corrected chi connectivity index (χ3v) is 6.84. The van der Waals surface area contributed by atoms with Crippen LogP contribution in [0.3, 0.4) is 0 Å². The molecule has 1 aliphatic heterocycles. The molecule has 3 aromatic heterocycles. The van der Waals surface area contributed by atoms with Gasteiger partial charge in [0.05, 0.1) is 5.52 Å². The number of benzene rings is 1. The minimum atomic E-state index is -0.500. The molecule has 1 amide bonds. The maximum atomic E-state index is 12.7. The van der Waals surface area contributed by atoms with Crippen LogP contribution in [0.2, 0.25) is 0 Å². The normalized spacial score (nSPS) is 14.3. The van der Waals surface area contributed by atoms with E-state index in [1.54, 1.807) is 6.20 Å². The number of nitrogens with zero attached hydrogens (tertiary/aromatic N) is 5. The van der Waals surface area contributed by atoms with Crippen LogP contribution in [0.4, 0.5) is 22.0 Å². The highest BCUT2D eigenvalue weighted by Crippen LogP contribution is 2.32. The molecule has 4 aromatic rings. The molecule has 5 rings (SSSR count). The number of fused-ring (bicyclic) bond motifs is 1. The fraction of sp³-hybridized carbons (Fsp3) is 0.355. The van der Waals surface area contributed by atoms with E-state index >= 15 is 0 Å². The van der Waals surface area contributed by atoms with Crippen molar-refractivity contribution in [2.75, 3.05) is 23.3 Å². The number of anilines is 3. The number of amides is 1. The van der Waals surface area contributed by atoms with Crippen molar-refractivity contribution in [1.82, 2.24) is 19.9 Å². The number of pyridine rings is 3. The summed E-state index contributed by atoms with van der Waals surface area (Å²) in [6, 6.07) is 18.7. The van der Waals surface area contributed by atoms with Gasteiger partial charge in [-0.1, -0.05) is 24.3 Å². The van der Waals surface area contributed by atoms with Crippen molar-refractivity contribution in [2.24, 2.45) is 0 Å². The second kappa shape index (κ2) is 11.3. The Hall–Kier alpha value is -4.20. The smallest absolute Gasteiger partial charge is 0.410 e. The molecule has 0 aliphatic carbocycles. The van der Waals surface area contributed by atoms with Crippen LogP contribution in [-0.4, -0.2) is 50.7 Å². The van der Waals surface area contributed by atoms with Crippen molar-refractivity contribution >= 4 is 34.2 Å². The number of likely N-dealkylation sites (tertiary alicyclic amines) is 1. The number of ether oxygens (including phenoxy) is 1. The number of aryl methyl sites for hydroxylation is 1. The van der Waals surface area contributed by atoms with Gasteiger partial charge in [0.25, 0.3) is 0 Å². The Morgan fingerprint density at radius 3 is 2.51 bits per heavy atom. The van der Waals surface area contributed by atoms with E-state index < -0.39 is 5.60 Å². The number of aromatic nitrogens is 3. The highest BCUT2D eigenvalue weighted by Gasteiger charge is 2.30. The maximum Gasteiger partial charge on any atom is 0.410 e. The predicted molar refractivity (Wildman–Crippen MR) is 155 cm³/mol. The molecular formula is C31H36N6O2. The molecule has 4 heterocycles. The van der Waals surface area contributed by atoms with Gasteiger partial charge >= 0.3 is 6.09 Å². The molecular weight excluding hydrogens is 488 g/mol. The Labute approximate surface area is 230 Å². The third-order valence-electron chi connectivity index (χ3n) is 6.84. The summed E-state index contributed by atoms with van der Waals surface area (Å²) in [5.74, 6) is 0.788. The Kier molecular flexibility index (Phi) is 7.63. The van der Waals surface area contributed by atoms with E-state index in [4.69, 9.17) is 4.74 Å². The van der Waals surface area contributed by atoms with Crippen molar-refractivity contribution < 1.29 is 9.53 Å². The second-order valence-corrected chi connectivity index (χ2v) is 11.0. The molecule has 39 heavy (non-hydrogen) atoms. The lowest BCUT2D eigenvalue weighted by molar-refractivity contribution is 0.0204. The molecule has 1 N–H and O–H groups in total. The Bertz CT molecular complexity index is 1420. The van der Waals surface area contributed by atoms with Gasteiger partial charge in [0.15, 0.2) is 0 Å². The molecule has 0 saturated carbocycles. The lowest BCUT2D eigenvalue weighted by Crippen LogP contribution is -2.48. The summed E-state index contributed by atoms with van der Waals surface area (Å²) < 4.78 is 5.62. The fourth-order valence-electron chi connectivity index (χ4n) is 4.99. The average molecular weight is 525 g/mol. The van der Waals surface area contributed by atoms with Gasteiger partial charge in [-0.3, -0.25) is 9.97 Å². The zero-order chi connectivity index (χ0) is 27.4. The SMILES string of the molecule is Cc1cc(Nc2ccc(CN(c3ccnc4ccccc34)C3CCN(C(=O)OC(C)(C)C)CC3)cn2)ccn1. The molecule has 0 atom stereocenters. The number of piperidine rings is 1. The highest BCUT2D eigenvalue weighted by atomic mass is 16.6. The topological polar surface area (TPSA) is 83.5 Å². The monoisotopic (exact) mass is 524 g/mol. The van der Waals surface area contributed by atoms with Gasteiger partial charge in [0.1, 0.15) is 11.4 Å². The van der Waals surface area contributed by atoms with Gasteiger partial charge < -0.3 is 19.9 Å². The van der Waals surface area contributed by atoms with Crippen molar-refractivity contribution in [2.45, 2.75) is 58.7 Å². The Morgan fingerprint density at radius 1 is 1.03 bits per heavy atom. The largest absolute Gasteiger partial charge is 0.444 e. The molecule has 1 aliphatic rings. The molecule has 0 radical (unpaired) electrons. The van der Waals surface area contributed by atoms with Gasteiger partial charge in [-0.15, -0.1) is 0 Å². The van der Waals surface area contributed by atoms with Crippen LogP contribution in [0.5, 0.6) is 0 Å². The van der Waals surface area contributed by atoms with Crippen molar-refractivity contribution in [3.05, 3.63) is 84.4 Å². The first-order chi connectivity index (χ1) is 18.7. The van der Waals surface area contributed by atoms with Crippen LogP contribution in [0.25, 0.3) is 10.9 Å². The van der Waals surface area contributed by atoms with Crippen LogP contribution in [0.1, 0.15) is 44.9 Å². The molecule has 202 valence electrons. The first-order valence-corrected chi connectivity index (χ1v) is 13.5. The number of carbonyl (C=O) groups excluding carboxylic acids is 1. The molecule has 8 heteroatoms. The number of hydrogen-bond donors (Lipinski definition) is 1. The minimum absolute atomic E-state index is 0.237. The Morgan fingerprint density at radius 2 is 1.79 bits per heavy atom. The molecule has 1 fully saturated rings. The third kappa shape index (κ3) is 6.63. The molecule has 1 saturated heterocycles. The van der Waals surface area contributed by atoms with E-state index in [1.165, 1.54) is 0 Å². The summed E-state index contributed by atoms with van der Waals surface area (Å²) in [6.45, 7) is 9.70. The van der Waals surface area contributed by atoms with Gasteiger partial charge in [0.2, 0.25) is 0 Å². The van der Waals surface area contributed by atoms with Gasteiger partial charge in [0, 0.05) is 66.7 Å². The number of hydrogen-bond acceptors (Lipinski definition) is 7. The second-order valence-electron chi connectivity index (χ2n) is 11.0. The quantitative estimate of drug-likeness (QED) is 0.309. The molecule has 0 spiro atoms. The van der Waals surface area contributed by atoms with Crippen LogP contribution >= 0.6 is 0 Å². The first kappa shape index (κ1) is 26.4. The van der Waals surface area contributed by atoms with Gasteiger partial charge in [-0.25, -0.2) is 9.78 Å². The van der Waals surface area contributed by atoms with Crippen LogP contribution in [0.15, 0.2) is 73.2 Å². The van der Waals surface area contributed by atoms with Gasteiger partial charge in [-0.05, 0) is 76.4 Å². The zero-order valence-corrected chi connectivity index (χ0v) is 23.1. The summed E-state index contributed by atoms with van der Waals surface area (Å²) in [5.41, 5.74) is 4.64. The summed E-state index contributed by atoms with van der Waals surface area (Å²) in [7, 11) is 0. The first-order valence-electron chi connectivity index (χ1n) is 13.5. The lowest BCUT2D eigenvalue weighted by atomic mass is 10.0. The number of nitrogens with one attached hydrogen (secondary N) is 1. The lowest BCUT2D eigenvalue weighted by Gasteiger charge is -2.40. The van der Waals surface area contributed by atoms with E-state index in [-0.39, 0.29) is 12.1 Å². The molecule has 8 nitrogen and oxygen atoms in total. The number of rotatable bonds is 6. The van der Waals surface area contributed by atoms with Crippen molar-refractivity contribution in [3.8, 4) is 0 Å². The minimum Gasteiger partial charge on any atom is -0.444 e. The summed E-state index contributed by atoms with van der Waals surface area (Å²) in [6.07, 6.45) is 7.06. The average Bonchev–Trinajstić information content (AvgIpc) is 2.92. The Balaban J connectivity index is 1.36. The summed E-state index contributed by atoms with van der Waals surface area (Å²) >= 11 is 0. The maximum absolute atomic E-state index is 12.7. The number of para-hydroxylation sites is 1. The van der Waals surface area contributed by atoms with Crippen LogP contribution < -0.4 is 10.2 Å². The van der Waals surface area contributed by atoms with E-state index in [0.717, 1.165) is 52.2 Å². The molecule has 0 unspecified atom stereocenters. The number of carbonyl (C=O) groups is 1. The van der Waals surface area contributed by atoms with Crippen molar-refractivity contribution in [3.63, 3.8) is 0 Å². The van der Waals surface area contributed by atoms with Crippen molar-refractivity contribution in [1.29, 1.82) is 0 Å². The summed E-state index contributed by atoms with van der Waals surface area (Å²) in [5, 5.41) is 4.47. The van der Waals surface area contributed by atoms with E-state index in [0.29, 0.717) is 19.6 Å². The van der Waals surface area contributed by atoms with E-state index in [1.807, 2.05) is 75.3 Å². The van der Waals surface area contributed by atoms with Gasteiger partial charge in [-0.2, -0.15) is 0 Å². The summed E-state index contributed by atoms with van der Waals surface area (Å²) in [4.78, 5) is 30.5. The highest BCUT2D eigenvalue weighted by molar-refractivity contribution is 5.91. The fourth-order valence-corrected chi connectivity index (χ4v) is 4.99. The van der Waals surface area contributed by atoms with Crippen LogP contribution in [-0.2, 0) is 11.3 Å². The predicted octanol–water partition coefficient (Wildman–Crippen LogP) is 6.48. The van der Waals surface area contributed by atoms with Crippen LogP contribution in [0, 0.1) is 6.92 Å². The zero-order valence-electron chi connectivity index (χ0n) is 23.1. The molecule has 1 aromatic carbocycles. The van der Waals surface area contributed by atoms with E-state index in [9.17, 15) is 4.79 Å².